The predicted molar refractivity (Wildman–Crippen MR) is 90.9 cm³/mol. The molecule has 2 aromatic carbocycles. The quantitative estimate of drug-likeness (QED) is 0.803. The Morgan fingerprint density at radius 3 is 2.62 bits per heavy atom. The van der Waals surface area contributed by atoms with Gasteiger partial charge < -0.3 is 10.6 Å². The maximum Gasteiger partial charge on any atom is 0.220 e. The van der Waals surface area contributed by atoms with Crippen molar-refractivity contribution in [2.75, 3.05) is 13.6 Å². The Kier molecular flexibility index (Phi) is 7.20. The average Bonchev–Trinajstić information content (AvgIpc) is 2.47. The molecule has 1 amide bonds. The molecule has 0 spiro atoms. The first-order valence-electron chi connectivity index (χ1n) is 7.14. The number of hydrogen-bond donors (Lipinski definition) is 2. The molecule has 0 aromatic heterocycles. The van der Waals surface area contributed by atoms with Gasteiger partial charge in [0.1, 0.15) is 0 Å². The lowest BCUT2D eigenvalue weighted by Crippen LogP contribution is -2.27. The minimum atomic E-state index is 0. The van der Waals surface area contributed by atoms with Gasteiger partial charge in [-0.15, -0.1) is 12.4 Å². The van der Waals surface area contributed by atoms with Crippen LogP contribution in [0, 0.1) is 0 Å². The van der Waals surface area contributed by atoms with E-state index in [1.54, 1.807) is 0 Å². The lowest BCUT2D eigenvalue weighted by atomic mass is 9.99. The summed E-state index contributed by atoms with van der Waals surface area (Å²) in [6.45, 7) is 2.91. The summed E-state index contributed by atoms with van der Waals surface area (Å²) in [4.78, 5) is 11.9. The SMILES string of the molecule is CNCCCC(=O)NC(C)c1cccc2ccccc12.Cl. The fraction of sp³-hybridized carbons (Fsp3) is 0.353. The number of fused-ring (bicyclic) bond motifs is 1. The molecule has 0 heterocycles. The number of benzene rings is 2. The lowest BCUT2D eigenvalue weighted by Gasteiger charge is -2.16. The molecule has 1 unspecified atom stereocenters. The van der Waals surface area contributed by atoms with E-state index in [0.717, 1.165) is 13.0 Å². The van der Waals surface area contributed by atoms with Gasteiger partial charge in [0.15, 0.2) is 0 Å². The van der Waals surface area contributed by atoms with Crippen LogP contribution in [0.4, 0.5) is 0 Å². The van der Waals surface area contributed by atoms with Crippen molar-refractivity contribution < 1.29 is 4.79 Å². The lowest BCUT2D eigenvalue weighted by molar-refractivity contribution is -0.121. The summed E-state index contributed by atoms with van der Waals surface area (Å²) in [5.74, 6) is 0.112. The molecule has 0 bridgehead atoms. The molecule has 4 heteroatoms. The first-order chi connectivity index (χ1) is 9.72. The van der Waals surface area contributed by atoms with Gasteiger partial charge in [0.25, 0.3) is 0 Å². The molecule has 1 atom stereocenters. The summed E-state index contributed by atoms with van der Waals surface area (Å²) in [6, 6.07) is 14.5. The standard InChI is InChI=1S/C17H22N2O.ClH/c1-13(19-17(20)11-6-12-18-2)15-10-5-8-14-7-3-4-9-16(14)15;/h3-5,7-10,13,18H,6,11-12H2,1-2H3,(H,19,20);1H. The highest BCUT2D eigenvalue weighted by Crippen LogP contribution is 2.24. The molecule has 0 saturated carbocycles. The number of halogens is 1. The minimum absolute atomic E-state index is 0. The number of hydrogen-bond acceptors (Lipinski definition) is 2. The van der Waals surface area contributed by atoms with Crippen molar-refractivity contribution in [3.8, 4) is 0 Å². The molecule has 114 valence electrons. The zero-order valence-electron chi connectivity index (χ0n) is 12.6. The average molecular weight is 307 g/mol. The van der Waals surface area contributed by atoms with Crippen molar-refractivity contribution in [3.05, 3.63) is 48.0 Å². The van der Waals surface area contributed by atoms with Crippen molar-refractivity contribution in [2.45, 2.75) is 25.8 Å². The van der Waals surface area contributed by atoms with E-state index in [1.165, 1.54) is 16.3 Å². The highest BCUT2D eigenvalue weighted by molar-refractivity contribution is 5.87. The van der Waals surface area contributed by atoms with Crippen LogP contribution in [0.1, 0.15) is 31.4 Å². The number of carbonyl (C=O) groups is 1. The largest absolute Gasteiger partial charge is 0.350 e. The Balaban J connectivity index is 0.00000220. The van der Waals surface area contributed by atoms with Gasteiger partial charge in [0, 0.05) is 6.42 Å². The van der Waals surface area contributed by atoms with Crippen LogP contribution in [0.15, 0.2) is 42.5 Å². The van der Waals surface area contributed by atoms with Gasteiger partial charge >= 0.3 is 0 Å². The number of rotatable bonds is 6. The zero-order chi connectivity index (χ0) is 14.4. The van der Waals surface area contributed by atoms with Gasteiger partial charge in [0.2, 0.25) is 5.91 Å². The molecule has 0 saturated heterocycles. The van der Waals surface area contributed by atoms with Crippen LogP contribution in [0.3, 0.4) is 0 Å². The molecule has 3 nitrogen and oxygen atoms in total. The Morgan fingerprint density at radius 1 is 1.14 bits per heavy atom. The first kappa shape index (κ1) is 17.5. The van der Waals surface area contributed by atoms with E-state index in [0.29, 0.717) is 6.42 Å². The predicted octanol–water partition coefficient (Wildman–Crippen LogP) is 3.44. The fourth-order valence-electron chi connectivity index (χ4n) is 2.45. The van der Waals surface area contributed by atoms with Crippen molar-refractivity contribution >= 4 is 29.1 Å². The summed E-state index contributed by atoms with van der Waals surface area (Å²) in [5.41, 5.74) is 1.17. The highest BCUT2D eigenvalue weighted by atomic mass is 35.5. The van der Waals surface area contributed by atoms with Crippen LogP contribution in [-0.4, -0.2) is 19.5 Å². The second-order valence-electron chi connectivity index (χ2n) is 5.06. The van der Waals surface area contributed by atoms with Gasteiger partial charge in [-0.1, -0.05) is 42.5 Å². The summed E-state index contributed by atoms with van der Waals surface area (Å²) < 4.78 is 0. The smallest absolute Gasteiger partial charge is 0.220 e. The van der Waals surface area contributed by atoms with E-state index >= 15 is 0 Å². The van der Waals surface area contributed by atoms with E-state index in [-0.39, 0.29) is 24.4 Å². The number of carbonyl (C=O) groups excluding carboxylic acids is 1. The molecule has 2 aromatic rings. The van der Waals surface area contributed by atoms with Crippen LogP contribution in [-0.2, 0) is 4.79 Å². The second-order valence-corrected chi connectivity index (χ2v) is 5.06. The highest BCUT2D eigenvalue weighted by Gasteiger charge is 2.11. The maximum atomic E-state index is 11.9. The monoisotopic (exact) mass is 306 g/mol. The molecular formula is C17H23ClN2O. The van der Waals surface area contributed by atoms with E-state index in [2.05, 4.69) is 34.9 Å². The molecule has 0 radical (unpaired) electrons. The van der Waals surface area contributed by atoms with Crippen LogP contribution >= 0.6 is 12.4 Å². The topological polar surface area (TPSA) is 41.1 Å². The maximum absolute atomic E-state index is 11.9. The normalized spacial score (nSPS) is 11.7. The van der Waals surface area contributed by atoms with Crippen LogP contribution in [0.5, 0.6) is 0 Å². The van der Waals surface area contributed by atoms with Gasteiger partial charge in [-0.05, 0) is 43.3 Å². The molecule has 2 rings (SSSR count). The molecule has 0 aliphatic heterocycles. The third-order valence-electron chi connectivity index (χ3n) is 3.50. The second kappa shape index (κ2) is 8.65. The summed E-state index contributed by atoms with van der Waals surface area (Å²) in [5, 5.41) is 8.55. The van der Waals surface area contributed by atoms with Gasteiger partial charge in [-0.3, -0.25) is 4.79 Å². The Hall–Kier alpha value is -1.58. The number of amides is 1. The van der Waals surface area contributed by atoms with E-state index < -0.39 is 0 Å². The van der Waals surface area contributed by atoms with Gasteiger partial charge in [-0.25, -0.2) is 0 Å². The molecule has 0 aliphatic rings. The van der Waals surface area contributed by atoms with Crippen molar-refractivity contribution in [3.63, 3.8) is 0 Å². The Morgan fingerprint density at radius 2 is 1.86 bits per heavy atom. The summed E-state index contributed by atoms with van der Waals surface area (Å²) in [7, 11) is 1.90. The van der Waals surface area contributed by atoms with Crippen molar-refractivity contribution in [1.29, 1.82) is 0 Å². The third-order valence-corrected chi connectivity index (χ3v) is 3.50. The summed E-state index contributed by atoms with van der Waals surface area (Å²) in [6.07, 6.45) is 1.43. The molecule has 2 N–H and O–H groups in total. The van der Waals surface area contributed by atoms with Crippen LogP contribution in [0.25, 0.3) is 10.8 Å². The molecule has 21 heavy (non-hydrogen) atoms. The van der Waals surface area contributed by atoms with Gasteiger partial charge in [0.05, 0.1) is 6.04 Å². The minimum Gasteiger partial charge on any atom is -0.350 e. The number of nitrogens with one attached hydrogen (secondary N) is 2. The third kappa shape index (κ3) is 4.73. The van der Waals surface area contributed by atoms with E-state index in [9.17, 15) is 4.79 Å². The molecule has 0 aliphatic carbocycles. The fourth-order valence-corrected chi connectivity index (χ4v) is 2.45. The zero-order valence-corrected chi connectivity index (χ0v) is 13.4. The van der Waals surface area contributed by atoms with Crippen molar-refractivity contribution in [2.24, 2.45) is 0 Å². The molecule has 0 fully saturated rings. The van der Waals surface area contributed by atoms with Gasteiger partial charge in [-0.2, -0.15) is 0 Å². The van der Waals surface area contributed by atoms with E-state index in [4.69, 9.17) is 0 Å². The summed E-state index contributed by atoms with van der Waals surface area (Å²) >= 11 is 0. The Bertz CT molecular complexity index is 581. The molecular weight excluding hydrogens is 284 g/mol. The van der Waals surface area contributed by atoms with Crippen LogP contribution in [0.2, 0.25) is 0 Å². The Labute approximate surface area is 132 Å². The van der Waals surface area contributed by atoms with Crippen LogP contribution < -0.4 is 10.6 Å². The van der Waals surface area contributed by atoms with Crippen molar-refractivity contribution in [1.82, 2.24) is 10.6 Å². The first-order valence-corrected chi connectivity index (χ1v) is 7.14. The van der Waals surface area contributed by atoms with E-state index in [1.807, 2.05) is 32.2 Å².